The molecule has 1 aliphatic rings. The van der Waals surface area contributed by atoms with Gasteiger partial charge in [0, 0.05) is 13.1 Å². The van der Waals surface area contributed by atoms with Crippen LogP contribution in [0.15, 0.2) is 53.7 Å². The number of fused-ring (bicyclic) bond motifs is 1. The van der Waals surface area contributed by atoms with Gasteiger partial charge in [-0.3, -0.25) is 0 Å². The van der Waals surface area contributed by atoms with E-state index in [0.29, 0.717) is 13.1 Å². The first-order valence-corrected chi connectivity index (χ1v) is 11.1. The molecular formula is C19H20N8O2S. The van der Waals surface area contributed by atoms with Crippen LogP contribution in [0.3, 0.4) is 0 Å². The number of piperidine rings is 1. The third-order valence-corrected chi connectivity index (χ3v) is 7.25. The van der Waals surface area contributed by atoms with Gasteiger partial charge in [-0.1, -0.05) is 12.1 Å². The molecule has 5 rings (SSSR count). The predicted octanol–water partition coefficient (Wildman–Crippen LogP) is 1.74. The third kappa shape index (κ3) is 3.25. The Labute approximate surface area is 173 Å². The average molecular weight is 424 g/mol. The first kappa shape index (κ1) is 18.8. The molecule has 30 heavy (non-hydrogen) atoms. The molecule has 1 atom stereocenters. The molecule has 1 unspecified atom stereocenters. The van der Waals surface area contributed by atoms with Crippen LogP contribution in [0.4, 0.5) is 0 Å². The number of rotatable bonds is 4. The summed E-state index contributed by atoms with van der Waals surface area (Å²) in [5, 5.41) is 20.2. The lowest BCUT2D eigenvalue weighted by Crippen LogP contribution is -2.41. The number of hydrogen-bond acceptors (Lipinski definition) is 7. The fraction of sp³-hybridized carbons (Fsp3) is 0.316. The van der Waals surface area contributed by atoms with Crippen molar-refractivity contribution in [2.24, 2.45) is 0 Å². The van der Waals surface area contributed by atoms with Crippen molar-refractivity contribution >= 4 is 21.1 Å². The van der Waals surface area contributed by atoms with Gasteiger partial charge in [-0.25, -0.2) is 13.1 Å². The zero-order valence-electron chi connectivity index (χ0n) is 16.3. The molecule has 1 saturated heterocycles. The van der Waals surface area contributed by atoms with Crippen LogP contribution in [0.25, 0.3) is 16.7 Å². The molecule has 0 aliphatic carbocycles. The van der Waals surface area contributed by atoms with Crippen LogP contribution in [0, 0.1) is 6.92 Å². The summed E-state index contributed by atoms with van der Waals surface area (Å²) in [4.78, 5) is 1.93. The second-order valence-electron chi connectivity index (χ2n) is 7.37. The first-order chi connectivity index (χ1) is 14.5. The lowest BCUT2D eigenvalue weighted by atomic mass is 10.1. The zero-order valence-corrected chi connectivity index (χ0v) is 17.1. The monoisotopic (exact) mass is 424 g/mol. The Morgan fingerprint density at radius 2 is 1.83 bits per heavy atom. The minimum Gasteiger partial charge on any atom is -0.207 e. The lowest BCUT2D eigenvalue weighted by Gasteiger charge is -2.31. The van der Waals surface area contributed by atoms with E-state index in [-0.39, 0.29) is 10.9 Å². The summed E-state index contributed by atoms with van der Waals surface area (Å²) in [6.45, 7) is 2.67. The van der Waals surface area contributed by atoms with Crippen molar-refractivity contribution in [2.45, 2.75) is 30.7 Å². The Morgan fingerprint density at radius 3 is 2.50 bits per heavy atom. The van der Waals surface area contributed by atoms with Gasteiger partial charge in [0.15, 0.2) is 0 Å². The number of benzene rings is 2. The van der Waals surface area contributed by atoms with Crippen molar-refractivity contribution in [1.82, 2.24) is 39.5 Å². The molecule has 2 aromatic carbocycles. The van der Waals surface area contributed by atoms with Crippen LogP contribution in [0.1, 0.15) is 24.4 Å². The van der Waals surface area contributed by atoms with Crippen molar-refractivity contribution in [1.29, 1.82) is 0 Å². The molecule has 0 amide bonds. The highest BCUT2D eigenvalue weighted by Gasteiger charge is 2.32. The van der Waals surface area contributed by atoms with Gasteiger partial charge in [0.2, 0.25) is 10.0 Å². The van der Waals surface area contributed by atoms with Crippen molar-refractivity contribution in [3.05, 3.63) is 54.4 Å². The van der Waals surface area contributed by atoms with Gasteiger partial charge in [0.05, 0.1) is 16.6 Å². The van der Waals surface area contributed by atoms with Crippen LogP contribution >= 0.6 is 0 Å². The van der Waals surface area contributed by atoms with Gasteiger partial charge in [-0.2, -0.15) is 19.3 Å². The Balaban J connectivity index is 1.42. The van der Waals surface area contributed by atoms with E-state index in [1.807, 2.05) is 31.2 Å². The second kappa shape index (κ2) is 7.26. The summed E-state index contributed by atoms with van der Waals surface area (Å²) in [5.41, 5.74) is 3.14. The van der Waals surface area contributed by atoms with E-state index in [1.165, 1.54) is 15.3 Å². The van der Waals surface area contributed by atoms with E-state index in [4.69, 9.17) is 0 Å². The van der Waals surface area contributed by atoms with E-state index in [0.717, 1.165) is 35.1 Å². The van der Waals surface area contributed by atoms with E-state index in [9.17, 15) is 8.42 Å². The van der Waals surface area contributed by atoms with Crippen molar-refractivity contribution in [2.75, 3.05) is 13.1 Å². The summed E-state index contributed by atoms with van der Waals surface area (Å²) in [7, 11) is -3.64. The molecular weight excluding hydrogens is 404 g/mol. The maximum absolute atomic E-state index is 13.3. The molecule has 4 aromatic rings. The van der Waals surface area contributed by atoms with Crippen LogP contribution in [-0.2, 0) is 10.0 Å². The van der Waals surface area contributed by atoms with E-state index >= 15 is 0 Å². The molecule has 10 nitrogen and oxygen atoms in total. The molecule has 2 aromatic heterocycles. The first-order valence-electron chi connectivity index (χ1n) is 9.68. The average Bonchev–Trinajstić information content (AvgIpc) is 3.43. The van der Waals surface area contributed by atoms with Gasteiger partial charge in [0.25, 0.3) is 0 Å². The maximum atomic E-state index is 13.3. The minimum atomic E-state index is -3.64. The molecule has 0 bridgehead atoms. The predicted molar refractivity (Wildman–Crippen MR) is 108 cm³/mol. The van der Waals surface area contributed by atoms with Gasteiger partial charge in [-0.05, 0) is 66.1 Å². The fourth-order valence-electron chi connectivity index (χ4n) is 3.83. The number of tetrazole rings is 1. The number of nitrogens with zero attached hydrogens (tertiary/aromatic N) is 8. The normalized spacial score (nSPS) is 18.1. The molecule has 0 spiro atoms. The Bertz CT molecular complexity index is 1270. The van der Waals surface area contributed by atoms with Gasteiger partial charge in [0.1, 0.15) is 17.4 Å². The number of hydrogen-bond donors (Lipinski definition) is 0. The lowest BCUT2D eigenvalue weighted by molar-refractivity contribution is 0.239. The quantitative estimate of drug-likeness (QED) is 0.490. The maximum Gasteiger partial charge on any atom is 0.243 e. The molecule has 1 aliphatic heterocycles. The highest BCUT2D eigenvalue weighted by atomic mass is 32.2. The van der Waals surface area contributed by atoms with Crippen LogP contribution in [0.2, 0.25) is 0 Å². The summed E-state index contributed by atoms with van der Waals surface area (Å²) in [6.07, 6.45) is 3.07. The molecule has 0 saturated carbocycles. The molecule has 0 N–H and O–H groups in total. The van der Waals surface area contributed by atoms with E-state index < -0.39 is 10.0 Å². The van der Waals surface area contributed by atoms with Crippen LogP contribution in [0.5, 0.6) is 0 Å². The highest BCUT2D eigenvalue weighted by molar-refractivity contribution is 7.89. The standard InChI is InChI=1S/C19H20N8O2S/c1-14-11-16(8-9-19(14)26-13-20-23-24-26)30(28,29)25-10-4-5-15(12-25)27-21-17-6-2-3-7-18(17)22-27/h2-3,6-9,11,13,15H,4-5,10,12H2,1H3. The van der Waals surface area contributed by atoms with Crippen molar-refractivity contribution < 1.29 is 8.42 Å². The molecule has 154 valence electrons. The van der Waals surface area contributed by atoms with Crippen LogP contribution in [-0.4, -0.2) is 61.0 Å². The second-order valence-corrected chi connectivity index (χ2v) is 9.31. The molecule has 0 radical (unpaired) electrons. The Kier molecular flexibility index (Phi) is 4.55. The SMILES string of the molecule is Cc1cc(S(=O)(=O)N2CCCC(n3nc4ccccc4n3)C2)ccc1-n1cnnn1. The minimum absolute atomic E-state index is 0.0949. The number of aromatic nitrogens is 7. The zero-order chi connectivity index (χ0) is 20.7. The smallest absolute Gasteiger partial charge is 0.207 e. The van der Waals surface area contributed by atoms with Gasteiger partial charge >= 0.3 is 0 Å². The van der Waals surface area contributed by atoms with Gasteiger partial charge < -0.3 is 0 Å². The summed E-state index contributed by atoms with van der Waals surface area (Å²) >= 11 is 0. The topological polar surface area (TPSA) is 112 Å². The van der Waals surface area contributed by atoms with E-state index in [1.54, 1.807) is 23.0 Å². The Morgan fingerprint density at radius 1 is 1.07 bits per heavy atom. The number of aryl methyl sites for hydroxylation is 1. The highest BCUT2D eigenvalue weighted by Crippen LogP contribution is 2.28. The Hall–Kier alpha value is -3.18. The summed E-state index contributed by atoms with van der Waals surface area (Å²) in [6, 6.07) is 12.5. The summed E-state index contributed by atoms with van der Waals surface area (Å²) < 4.78 is 29.7. The largest absolute Gasteiger partial charge is 0.243 e. The fourth-order valence-corrected chi connectivity index (χ4v) is 5.44. The molecule has 3 heterocycles. The van der Waals surface area contributed by atoms with Crippen LogP contribution < -0.4 is 0 Å². The molecule has 1 fully saturated rings. The van der Waals surface area contributed by atoms with E-state index in [2.05, 4.69) is 25.7 Å². The van der Waals surface area contributed by atoms with Crippen molar-refractivity contribution in [3.63, 3.8) is 0 Å². The third-order valence-electron chi connectivity index (χ3n) is 5.39. The number of sulfonamides is 1. The summed E-state index contributed by atoms with van der Waals surface area (Å²) in [5.74, 6) is 0. The van der Waals surface area contributed by atoms with Crippen molar-refractivity contribution in [3.8, 4) is 5.69 Å². The van der Waals surface area contributed by atoms with Gasteiger partial charge in [-0.15, -0.1) is 5.10 Å². The molecule has 11 heteroatoms.